The minimum Gasteiger partial charge on any atom is -1.00 e. The Labute approximate surface area is 273 Å². The molecule has 0 fully saturated rings. The number of thioether (sulfide) groups is 1. The Morgan fingerprint density at radius 1 is 0.756 bits per heavy atom. The van der Waals surface area contributed by atoms with Crippen molar-refractivity contribution in [3.05, 3.63) is 30.1 Å². The van der Waals surface area contributed by atoms with Gasteiger partial charge in [-0.3, -0.25) is 4.79 Å². The van der Waals surface area contributed by atoms with Crippen LogP contribution in [-0.4, -0.2) is 48.2 Å². The first kappa shape index (κ1) is 40.1. The highest BCUT2D eigenvalue weighted by Crippen LogP contribution is 2.14. The number of nitrogens with zero attached hydrogens (tertiary/aromatic N) is 2. The number of halogens is 1. The van der Waals surface area contributed by atoms with Crippen LogP contribution < -0.4 is 28.5 Å². The molecule has 0 saturated carbocycles. The minimum atomic E-state index is -0.584. The second-order valence-electron chi connectivity index (χ2n) is 10.7. The van der Waals surface area contributed by atoms with Gasteiger partial charge < -0.3 is 33.5 Å². The number of carbonyl (C=O) groups is 2. The van der Waals surface area contributed by atoms with E-state index in [0.717, 1.165) is 42.5 Å². The molecule has 0 atom stereocenters. The highest BCUT2D eigenvalue weighted by molar-refractivity contribution is 7.99. The average Bonchev–Trinajstić information content (AvgIpc) is 2.96. The number of hydrogen-bond donors (Lipinski definition) is 0. The Morgan fingerprint density at radius 3 is 1.83 bits per heavy atom. The maximum absolute atomic E-state index is 12.4. The van der Waals surface area contributed by atoms with Crippen molar-refractivity contribution >= 4 is 23.8 Å². The molecule has 0 radical (unpaired) electrons. The topological polar surface area (TPSA) is 59.7 Å². The predicted molar refractivity (Wildman–Crippen MR) is 168 cm³/mol. The van der Waals surface area contributed by atoms with E-state index in [4.69, 9.17) is 9.47 Å². The van der Waals surface area contributed by atoms with Gasteiger partial charge in [0.25, 0.3) is 0 Å². The predicted octanol–water partition coefficient (Wildman–Crippen LogP) is 5.49. The van der Waals surface area contributed by atoms with E-state index in [9.17, 15) is 9.59 Å². The summed E-state index contributed by atoms with van der Waals surface area (Å²) in [5.74, 6) is 1.26. The van der Waals surface area contributed by atoms with Gasteiger partial charge >= 0.3 is 6.09 Å². The molecule has 0 aromatic carbocycles. The summed E-state index contributed by atoms with van der Waals surface area (Å²) >= 11 is 1.70. The molecule has 1 aromatic heterocycles. The smallest absolute Gasteiger partial charge is 0.417 e. The van der Waals surface area contributed by atoms with Crippen LogP contribution in [0.3, 0.4) is 0 Å². The van der Waals surface area contributed by atoms with Crippen LogP contribution in [0.1, 0.15) is 129 Å². The Kier molecular flexibility index (Phi) is 28.6. The van der Waals surface area contributed by atoms with Crippen LogP contribution in [0.4, 0.5) is 4.79 Å². The van der Waals surface area contributed by atoms with Gasteiger partial charge in [0.2, 0.25) is 11.6 Å². The third kappa shape index (κ3) is 22.3. The maximum Gasteiger partial charge on any atom is 0.417 e. The molecular formula is C33H59IN2O4S. The van der Waals surface area contributed by atoms with Gasteiger partial charge in [0.15, 0.2) is 6.20 Å². The Hall–Kier alpha value is -0.870. The van der Waals surface area contributed by atoms with E-state index < -0.39 is 6.09 Å². The molecule has 0 aliphatic heterocycles. The van der Waals surface area contributed by atoms with Crippen molar-refractivity contribution in [1.82, 2.24) is 4.90 Å². The van der Waals surface area contributed by atoms with Crippen LogP contribution in [-0.2, 0) is 27.4 Å². The molecule has 0 aliphatic carbocycles. The van der Waals surface area contributed by atoms with Crippen molar-refractivity contribution in [2.24, 2.45) is 0 Å². The molecule has 1 rings (SSSR count). The van der Waals surface area contributed by atoms with Crippen molar-refractivity contribution in [3.8, 4) is 0 Å². The van der Waals surface area contributed by atoms with Gasteiger partial charge in [-0.25, -0.2) is 14.3 Å². The zero-order valence-corrected chi connectivity index (χ0v) is 29.4. The van der Waals surface area contributed by atoms with Crippen LogP contribution in [0.2, 0.25) is 0 Å². The highest BCUT2D eigenvalue weighted by atomic mass is 127. The summed E-state index contributed by atoms with van der Waals surface area (Å²) in [6.45, 7) is 8.54. The number of hydrogen-bond acceptors (Lipinski definition) is 5. The number of aromatic nitrogens is 1. The average molecular weight is 707 g/mol. The first-order valence-corrected chi connectivity index (χ1v) is 17.3. The molecule has 1 heterocycles. The molecule has 0 saturated heterocycles. The molecule has 0 N–H and O–H groups in total. The van der Waals surface area contributed by atoms with Gasteiger partial charge in [0.05, 0.1) is 6.61 Å². The molecule has 238 valence electrons. The molecule has 8 heteroatoms. The van der Waals surface area contributed by atoms with Crippen LogP contribution in [0, 0.1) is 0 Å². The lowest BCUT2D eigenvalue weighted by Gasteiger charge is -2.17. The number of carbonyl (C=O) groups excluding carboxylic acids is 2. The molecule has 2 amide bonds. The summed E-state index contributed by atoms with van der Waals surface area (Å²) in [5, 5.41) is 0. The Bertz CT molecular complexity index is 769. The van der Waals surface area contributed by atoms with Crippen molar-refractivity contribution in [1.29, 1.82) is 0 Å². The second-order valence-corrected chi connectivity index (χ2v) is 12.0. The summed E-state index contributed by atoms with van der Waals surface area (Å²) in [6, 6.07) is 5.76. The van der Waals surface area contributed by atoms with Crippen LogP contribution in [0.15, 0.2) is 24.4 Å². The summed E-state index contributed by atoms with van der Waals surface area (Å²) in [6.07, 6.45) is 23.4. The van der Waals surface area contributed by atoms with Gasteiger partial charge in [0, 0.05) is 37.2 Å². The van der Waals surface area contributed by atoms with Crippen LogP contribution in [0.5, 0.6) is 0 Å². The summed E-state index contributed by atoms with van der Waals surface area (Å²) in [5.41, 5.74) is 0.896. The van der Waals surface area contributed by atoms with Gasteiger partial charge in [-0.05, 0) is 13.3 Å². The fourth-order valence-electron chi connectivity index (χ4n) is 4.77. The highest BCUT2D eigenvalue weighted by Gasteiger charge is 2.23. The third-order valence-corrected chi connectivity index (χ3v) is 8.17. The maximum atomic E-state index is 12.4. The SMILES string of the molecule is CCCCCCCCCCCCCCCCCCOCCSCCOC(=O)N(Cc1cccc[n+]1CC)C(C)=O.[I-]. The van der Waals surface area contributed by atoms with Gasteiger partial charge in [-0.1, -0.05) is 109 Å². The lowest BCUT2D eigenvalue weighted by Crippen LogP contribution is -3.00. The normalized spacial score (nSPS) is 10.8. The molecule has 41 heavy (non-hydrogen) atoms. The molecule has 0 bridgehead atoms. The number of unbranched alkanes of at least 4 members (excludes halogenated alkanes) is 15. The lowest BCUT2D eigenvalue weighted by atomic mass is 10.0. The fraction of sp³-hybridized carbons (Fsp3) is 0.788. The molecular weight excluding hydrogens is 647 g/mol. The number of amides is 2. The first-order chi connectivity index (χ1) is 19.6. The molecule has 0 aliphatic rings. The lowest BCUT2D eigenvalue weighted by molar-refractivity contribution is -0.701. The van der Waals surface area contributed by atoms with Crippen molar-refractivity contribution in [2.45, 2.75) is 137 Å². The van der Waals surface area contributed by atoms with E-state index >= 15 is 0 Å². The number of rotatable bonds is 26. The van der Waals surface area contributed by atoms with E-state index in [1.807, 2.05) is 35.9 Å². The zero-order valence-electron chi connectivity index (χ0n) is 26.4. The van der Waals surface area contributed by atoms with Gasteiger partial charge in [-0.2, -0.15) is 11.8 Å². The minimum absolute atomic E-state index is 0. The van der Waals surface area contributed by atoms with E-state index in [1.165, 1.54) is 103 Å². The Morgan fingerprint density at radius 2 is 1.29 bits per heavy atom. The zero-order chi connectivity index (χ0) is 29.1. The van der Waals surface area contributed by atoms with E-state index in [-0.39, 0.29) is 43.0 Å². The first-order valence-electron chi connectivity index (χ1n) is 16.2. The quantitative estimate of drug-likeness (QED) is 0.0725. The third-order valence-electron chi connectivity index (χ3n) is 7.26. The second kappa shape index (κ2) is 29.2. The molecule has 6 nitrogen and oxygen atoms in total. The van der Waals surface area contributed by atoms with Crippen molar-refractivity contribution < 1.29 is 47.6 Å². The van der Waals surface area contributed by atoms with Gasteiger partial charge in [-0.15, -0.1) is 0 Å². The standard InChI is InChI=1S/C33H59N2O4S.HI/c1-4-6-7-8-9-10-11-12-13-14-15-16-17-18-19-22-25-38-26-28-40-29-27-39-33(37)35(31(3)36)30-32-23-20-21-24-34(32)5-2;/h20-21,23-24H,4-19,22,25-30H2,1-3H3;1H/q+1;/p-1. The van der Waals surface area contributed by atoms with Gasteiger partial charge in [0.1, 0.15) is 19.7 Å². The molecule has 0 unspecified atom stereocenters. The Balaban J connectivity index is 0.0000160. The van der Waals surface area contributed by atoms with Crippen LogP contribution in [0.25, 0.3) is 0 Å². The number of pyridine rings is 1. The van der Waals surface area contributed by atoms with E-state index in [0.29, 0.717) is 5.75 Å². The number of aryl methyl sites for hydroxylation is 1. The van der Waals surface area contributed by atoms with Crippen LogP contribution >= 0.6 is 11.8 Å². The summed E-state index contributed by atoms with van der Waals surface area (Å²) in [7, 11) is 0. The number of imide groups is 1. The molecule has 1 aromatic rings. The largest absolute Gasteiger partial charge is 1.00 e. The summed E-state index contributed by atoms with van der Waals surface area (Å²) < 4.78 is 13.1. The monoisotopic (exact) mass is 706 g/mol. The van der Waals surface area contributed by atoms with Crippen molar-refractivity contribution in [2.75, 3.05) is 31.3 Å². The van der Waals surface area contributed by atoms with E-state index in [1.54, 1.807) is 11.8 Å². The van der Waals surface area contributed by atoms with Crippen molar-refractivity contribution in [3.63, 3.8) is 0 Å². The fourth-order valence-corrected chi connectivity index (χ4v) is 5.41. The summed E-state index contributed by atoms with van der Waals surface area (Å²) in [4.78, 5) is 25.6. The molecule has 0 spiro atoms. The number of ether oxygens (including phenoxy) is 2. The van der Waals surface area contributed by atoms with E-state index in [2.05, 4.69) is 6.92 Å².